The van der Waals surface area contributed by atoms with Crippen LogP contribution in [0.15, 0.2) is 27.0 Å². The monoisotopic (exact) mass is 565 g/mol. The minimum Gasteiger partial charge on any atom is -0.247 e. The number of aromatic nitrogens is 3. The minimum atomic E-state index is -0.624. The summed E-state index contributed by atoms with van der Waals surface area (Å²) in [6.45, 7) is 3.94. The largest absolute Gasteiger partial charge is 0.336 e. The van der Waals surface area contributed by atoms with Crippen LogP contribution in [0.25, 0.3) is 0 Å². The van der Waals surface area contributed by atoms with Gasteiger partial charge >= 0.3 is 17.1 Å². The third-order valence-electron chi connectivity index (χ3n) is 2.79. The van der Waals surface area contributed by atoms with Crippen molar-refractivity contribution >= 4 is 63.7 Å². The first-order chi connectivity index (χ1) is 10.4. The number of nitrogens with zero attached hydrogens (tertiary/aromatic N) is 3. The first-order valence-corrected chi connectivity index (χ1v) is 10.4. The summed E-state index contributed by atoms with van der Waals surface area (Å²) in [5, 5.41) is 1.14. The van der Waals surface area contributed by atoms with E-state index >= 15 is 0 Å². The topological polar surface area (TPSA) is 66.0 Å². The van der Waals surface area contributed by atoms with Gasteiger partial charge in [0.2, 0.25) is 0 Å². The predicted molar refractivity (Wildman–Crippen MR) is 102 cm³/mol. The van der Waals surface area contributed by atoms with E-state index in [1.165, 1.54) is 6.08 Å². The van der Waals surface area contributed by atoms with Gasteiger partial charge in [-0.1, -0.05) is 69.8 Å². The highest BCUT2D eigenvalue weighted by Gasteiger charge is 2.18. The summed E-state index contributed by atoms with van der Waals surface area (Å²) in [5.41, 5.74) is -1.85. The van der Waals surface area contributed by atoms with Gasteiger partial charge in [-0.25, -0.2) is 28.1 Å². The Balaban J connectivity index is 3.56. The maximum Gasteiger partial charge on any atom is 0.336 e. The van der Waals surface area contributed by atoms with Crippen LogP contribution in [0.3, 0.4) is 0 Å². The summed E-state index contributed by atoms with van der Waals surface area (Å²) in [6, 6.07) is 0. The molecule has 0 saturated heterocycles. The van der Waals surface area contributed by atoms with Gasteiger partial charge in [0.1, 0.15) is 0 Å². The lowest BCUT2D eigenvalue weighted by Gasteiger charge is -2.15. The second kappa shape index (κ2) is 9.39. The zero-order chi connectivity index (χ0) is 16.9. The van der Waals surface area contributed by atoms with Crippen LogP contribution in [0, 0.1) is 0 Å². The summed E-state index contributed by atoms with van der Waals surface area (Å²) < 4.78 is 3.15. The number of hydrogen-bond donors (Lipinski definition) is 0. The lowest BCUT2D eigenvalue weighted by atomic mass is 10.4. The normalized spacial score (nSPS) is 13.8. The van der Waals surface area contributed by atoms with Crippen molar-refractivity contribution in [1.82, 2.24) is 13.7 Å². The number of alkyl halides is 4. The van der Waals surface area contributed by atoms with Gasteiger partial charge in [-0.15, -0.1) is 6.58 Å². The van der Waals surface area contributed by atoms with Crippen LogP contribution in [-0.2, 0) is 19.6 Å². The Morgan fingerprint density at radius 2 is 1.23 bits per heavy atom. The average Bonchev–Trinajstić information content (AvgIpc) is 2.51. The quantitative estimate of drug-likeness (QED) is 0.354. The Kier molecular flexibility index (Phi) is 8.58. The molecule has 0 bridgehead atoms. The molecule has 0 aromatic carbocycles. The first-order valence-electron chi connectivity index (χ1n) is 6.32. The molecule has 0 fully saturated rings. The fourth-order valence-electron chi connectivity index (χ4n) is 1.77. The van der Waals surface area contributed by atoms with Crippen LogP contribution < -0.4 is 17.1 Å². The van der Waals surface area contributed by atoms with E-state index in [9.17, 15) is 14.4 Å². The van der Waals surface area contributed by atoms with E-state index < -0.39 is 17.1 Å². The van der Waals surface area contributed by atoms with Crippen molar-refractivity contribution in [2.45, 2.75) is 29.3 Å². The maximum atomic E-state index is 12.5. The van der Waals surface area contributed by atoms with Crippen molar-refractivity contribution in [2.75, 3.05) is 10.7 Å². The van der Waals surface area contributed by atoms with Crippen molar-refractivity contribution in [1.29, 1.82) is 0 Å². The third-order valence-corrected chi connectivity index (χ3v) is 7.32. The van der Waals surface area contributed by atoms with E-state index in [0.29, 0.717) is 10.7 Å². The van der Waals surface area contributed by atoms with E-state index in [4.69, 9.17) is 0 Å². The molecule has 6 nitrogen and oxygen atoms in total. The predicted octanol–water partition coefficient (Wildman–Crippen LogP) is 1.67. The molecule has 1 rings (SSSR count). The summed E-state index contributed by atoms with van der Waals surface area (Å²) >= 11 is 13.3. The molecule has 2 atom stereocenters. The van der Waals surface area contributed by atoms with Crippen molar-refractivity contribution in [3.63, 3.8) is 0 Å². The molecular formula is C12H15Br4N3O3. The molecule has 0 aliphatic carbocycles. The molecule has 0 spiro atoms. The van der Waals surface area contributed by atoms with Gasteiger partial charge in [-0.2, -0.15) is 0 Å². The smallest absolute Gasteiger partial charge is 0.247 e. The van der Waals surface area contributed by atoms with Crippen LogP contribution in [-0.4, -0.2) is 34.0 Å². The molecule has 22 heavy (non-hydrogen) atoms. The van der Waals surface area contributed by atoms with Gasteiger partial charge in [0.05, 0.1) is 6.54 Å². The summed E-state index contributed by atoms with van der Waals surface area (Å²) in [7, 11) is 0. The summed E-state index contributed by atoms with van der Waals surface area (Å²) in [5.74, 6) is 0. The Morgan fingerprint density at radius 3 is 1.55 bits per heavy atom. The molecule has 0 radical (unpaired) electrons. The van der Waals surface area contributed by atoms with Crippen molar-refractivity contribution < 1.29 is 0 Å². The Morgan fingerprint density at radius 1 is 0.864 bits per heavy atom. The van der Waals surface area contributed by atoms with Gasteiger partial charge < -0.3 is 0 Å². The van der Waals surface area contributed by atoms with E-state index in [2.05, 4.69) is 70.3 Å². The molecule has 1 heterocycles. The maximum absolute atomic E-state index is 12.5. The van der Waals surface area contributed by atoms with Crippen molar-refractivity contribution in [3.8, 4) is 0 Å². The van der Waals surface area contributed by atoms with Crippen LogP contribution in [0.1, 0.15) is 0 Å². The van der Waals surface area contributed by atoms with Crippen molar-refractivity contribution in [2.24, 2.45) is 0 Å². The first kappa shape index (κ1) is 20.1. The van der Waals surface area contributed by atoms with Crippen LogP contribution >= 0.6 is 63.7 Å². The highest BCUT2D eigenvalue weighted by molar-refractivity contribution is 9.12. The zero-order valence-corrected chi connectivity index (χ0v) is 17.9. The van der Waals surface area contributed by atoms with Gasteiger partial charge in [-0.3, -0.25) is 0 Å². The molecule has 0 N–H and O–H groups in total. The Hall–Kier alpha value is 0.0700. The SMILES string of the molecule is C=CCn1c(=O)n(CC(Br)CBr)c(=O)n(CC(Br)CBr)c1=O. The number of rotatable bonds is 8. The molecule has 0 amide bonds. The molecule has 1 aromatic rings. The van der Waals surface area contributed by atoms with E-state index in [0.717, 1.165) is 13.7 Å². The second-order valence-corrected chi connectivity index (χ2v) is 8.36. The average molecular weight is 569 g/mol. The Bertz CT molecular complexity index is 644. The zero-order valence-electron chi connectivity index (χ0n) is 11.6. The van der Waals surface area contributed by atoms with Crippen LogP contribution in [0.2, 0.25) is 0 Å². The number of allylic oxidation sites excluding steroid dienone is 1. The van der Waals surface area contributed by atoms with Crippen molar-refractivity contribution in [3.05, 3.63) is 44.1 Å². The molecule has 0 aliphatic heterocycles. The highest BCUT2D eigenvalue weighted by atomic mass is 79.9. The standard InChI is InChI=1S/C12H15Br4N3O3/c1-2-3-17-10(20)18(6-8(15)4-13)12(22)19(11(17)21)7-9(16)5-14/h2,8-9H,1,3-7H2. The molecule has 0 saturated carbocycles. The van der Waals surface area contributed by atoms with Gasteiger partial charge in [-0.05, 0) is 0 Å². The fraction of sp³-hybridized carbons (Fsp3) is 0.583. The Labute approximate surface area is 160 Å². The number of halogens is 4. The minimum absolute atomic E-state index is 0.0560. The molecule has 2 unspecified atom stereocenters. The molecule has 1 aromatic heterocycles. The third kappa shape index (κ3) is 4.78. The van der Waals surface area contributed by atoms with Crippen LogP contribution in [0.5, 0.6) is 0 Å². The van der Waals surface area contributed by atoms with E-state index in [-0.39, 0.29) is 29.3 Å². The summed E-state index contributed by atoms with van der Waals surface area (Å²) in [6.07, 6.45) is 1.45. The fourth-order valence-corrected chi connectivity index (χ4v) is 2.76. The highest BCUT2D eigenvalue weighted by Crippen LogP contribution is 2.06. The van der Waals surface area contributed by atoms with Gasteiger partial charge in [0.15, 0.2) is 0 Å². The second-order valence-electron chi connectivity index (χ2n) is 4.47. The molecule has 124 valence electrons. The lowest BCUT2D eigenvalue weighted by molar-refractivity contribution is 0.464. The number of hydrogen-bond acceptors (Lipinski definition) is 3. The van der Waals surface area contributed by atoms with Crippen LogP contribution in [0.4, 0.5) is 0 Å². The van der Waals surface area contributed by atoms with Gasteiger partial charge in [0.25, 0.3) is 0 Å². The summed E-state index contributed by atoms with van der Waals surface area (Å²) in [4.78, 5) is 37.0. The molecular weight excluding hydrogens is 554 g/mol. The van der Waals surface area contributed by atoms with Gasteiger partial charge in [0, 0.05) is 33.4 Å². The molecule has 10 heteroatoms. The van der Waals surface area contributed by atoms with E-state index in [1.54, 1.807) is 0 Å². The lowest BCUT2D eigenvalue weighted by Crippen LogP contribution is -2.55. The van der Waals surface area contributed by atoms with E-state index in [1.807, 2.05) is 0 Å². The molecule has 0 aliphatic rings.